The quantitative estimate of drug-likeness (QED) is 0.337. The van der Waals surface area contributed by atoms with Crippen molar-refractivity contribution in [3.63, 3.8) is 0 Å². The molecule has 1 atom stereocenters. The van der Waals surface area contributed by atoms with Gasteiger partial charge in [-0.1, -0.05) is 25.8 Å². The molecule has 0 aromatic carbocycles. The molecule has 0 saturated carbocycles. The molecule has 0 aliphatic carbocycles. The third-order valence-corrected chi connectivity index (χ3v) is 3.26. The fraction of sp³-hybridized carbons (Fsp3) is 0.667. The topological polar surface area (TPSA) is 32.3 Å². The highest BCUT2D eigenvalue weighted by Crippen LogP contribution is 2.12. The van der Waals surface area contributed by atoms with E-state index in [1.165, 1.54) is 6.08 Å². The summed E-state index contributed by atoms with van der Waals surface area (Å²) in [6.45, 7) is 6.11. The fourth-order valence-electron chi connectivity index (χ4n) is 1.13. The van der Waals surface area contributed by atoms with Gasteiger partial charge in [-0.2, -0.15) is 4.39 Å². The lowest BCUT2D eigenvalue weighted by Gasteiger charge is -2.07. The number of hydrogen-bond acceptors (Lipinski definition) is 2. The van der Waals surface area contributed by atoms with Gasteiger partial charge in [0.1, 0.15) is 5.75 Å². The van der Waals surface area contributed by atoms with Gasteiger partial charge >= 0.3 is 0 Å². The van der Waals surface area contributed by atoms with Crippen LogP contribution in [-0.4, -0.2) is 23.5 Å². The Bertz CT molecular complexity index is 207. The van der Waals surface area contributed by atoms with E-state index in [2.05, 4.69) is 13.5 Å². The van der Waals surface area contributed by atoms with Crippen LogP contribution in [0.25, 0.3) is 0 Å². The number of ether oxygens (including phenoxy) is 1. The van der Waals surface area contributed by atoms with Crippen LogP contribution in [0.3, 0.4) is 0 Å². The van der Waals surface area contributed by atoms with E-state index < -0.39 is 16.3 Å². The Hall–Kier alpha value is -0.320. The molecule has 0 aromatic heterocycles. The van der Waals surface area contributed by atoms with Gasteiger partial charge in [-0.15, -0.1) is 6.58 Å². The minimum atomic E-state index is -1.49. The van der Waals surface area contributed by atoms with Gasteiger partial charge < -0.3 is 9.29 Å². The van der Waals surface area contributed by atoms with Crippen molar-refractivity contribution in [2.24, 2.45) is 0 Å². The monoisotopic (exact) mass is 248 g/mol. The third kappa shape index (κ3) is 8.95. The van der Waals surface area contributed by atoms with Crippen molar-refractivity contribution in [2.75, 3.05) is 19.0 Å². The molecule has 0 bridgehead atoms. The number of rotatable bonds is 10. The summed E-state index contributed by atoms with van der Waals surface area (Å²) in [5, 5.41) is -0.569. The summed E-state index contributed by atoms with van der Waals surface area (Å²) in [5.74, 6) is 0.407. The van der Waals surface area contributed by atoms with Gasteiger partial charge in [-0.05, 0) is 12.8 Å². The molecule has 4 heteroatoms. The Kier molecular flexibility index (Phi) is 11.0. The van der Waals surface area contributed by atoms with E-state index >= 15 is 0 Å². The smallest absolute Gasteiger partial charge is 0.298 e. The lowest BCUT2D eigenvalue weighted by atomic mass is 10.2. The van der Waals surface area contributed by atoms with E-state index in [4.69, 9.17) is 4.74 Å². The second kappa shape index (κ2) is 11.2. The van der Waals surface area contributed by atoms with Gasteiger partial charge in [0.2, 0.25) is 0 Å². The zero-order chi connectivity index (χ0) is 12.2. The number of hydrogen-bond donors (Lipinski definition) is 0. The van der Waals surface area contributed by atoms with Gasteiger partial charge in [0.15, 0.2) is 0 Å². The summed E-state index contributed by atoms with van der Waals surface area (Å²) in [4.78, 5) is 0. The SMILES string of the molecule is C=CCOC/C=C(\F)[S+]([O-])CCCCCC. The third-order valence-electron chi connectivity index (χ3n) is 2.00. The number of halogens is 1. The van der Waals surface area contributed by atoms with Crippen LogP contribution in [0.2, 0.25) is 0 Å². The number of unbranched alkanes of at least 4 members (excludes halogenated alkanes) is 3. The highest BCUT2D eigenvalue weighted by molar-refractivity contribution is 7.95. The highest BCUT2D eigenvalue weighted by Gasteiger charge is 2.12. The van der Waals surface area contributed by atoms with Crippen molar-refractivity contribution in [3.05, 3.63) is 23.9 Å². The molecule has 0 aromatic rings. The maximum absolute atomic E-state index is 13.2. The molecule has 0 N–H and O–H groups in total. The minimum Gasteiger partial charge on any atom is -0.610 e. The van der Waals surface area contributed by atoms with E-state index in [0.29, 0.717) is 12.4 Å². The van der Waals surface area contributed by atoms with Gasteiger partial charge in [0.05, 0.1) is 13.2 Å². The van der Waals surface area contributed by atoms with Crippen molar-refractivity contribution in [3.8, 4) is 0 Å². The van der Waals surface area contributed by atoms with Gasteiger partial charge in [0.25, 0.3) is 5.16 Å². The molecule has 0 spiro atoms. The first-order valence-corrected chi connectivity index (χ1v) is 6.97. The van der Waals surface area contributed by atoms with Crippen LogP contribution in [0, 0.1) is 0 Å². The molecule has 0 aliphatic heterocycles. The molecule has 0 saturated heterocycles. The maximum atomic E-state index is 13.2. The van der Waals surface area contributed by atoms with E-state index in [0.717, 1.165) is 25.7 Å². The predicted molar refractivity (Wildman–Crippen MR) is 67.4 cm³/mol. The molecule has 0 rings (SSSR count). The lowest BCUT2D eigenvalue weighted by Crippen LogP contribution is -2.07. The molecule has 94 valence electrons. The standard InChI is InChI=1S/C12H21FO2S/c1-3-5-6-7-11-16(14)12(13)8-10-15-9-4-2/h4,8H,2-3,5-7,9-11H2,1H3/b12-8+. The lowest BCUT2D eigenvalue weighted by molar-refractivity contribution is 0.193. The molecule has 0 aliphatic rings. The summed E-state index contributed by atoms with van der Waals surface area (Å²) in [5.41, 5.74) is 0. The van der Waals surface area contributed by atoms with Crippen molar-refractivity contribution >= 4 is 11.2 Å². The van der Waals surface area contributed by atoms with Crippen molar-refractivity contribution in [1.29, 1.82) is 0 Å². The first-order valence-electron chi connectivity index (χ1n) is 5.65. The molecule has 0 amide bonds. The van der Waals surface area contributed by atoms with Crippen LogP contribution in [0.15, 0.2) is 23.9 Å². The highest BCUT2D eigenvalue weighted by atomic mass is 32.2. The molecule has 16 heavy (non-hydrogen) atoms. The Morgan fingerprint density at radius 3 is 2.75 bits per heavy atom. The summed E-state index contributed by atoms with van der Waals surface area (Å²) in [6.07, 6.45) is 6.90. The van der Waals surface area contributed by atoms with Gasteiger partial charge in [-0.25, -0.2) is 0 Å². The van der Waals surface area contributed by atoms with Crippen LogP contribution in [0.4, 0.5) is 4.39 Å². The fourth-order valence-corrected chi connectivity index (χ4v) is 2.04. The Balaban J connectivity index is 3.62. The zero-order valence-corrected chi connectivity index (χ0v) is 10.7. The van der Waals surface area contributed by atoms with Crippen molar-refractivity contribution in [2.45, 2.75) is 32.6 Å². The second-order valence-electron chi connectivity index (χ2n) is 3.44. The molecule has 0 heterocycles. The summed E-state index contributed by atoms with van der Waals surface area (Å²) in [7, 11) is 0. The van der Waals surface area contributed by atoms with E-state index in [1.54, 1.807) is 6.08 Å². The molecular formula is C12H21FO2S. The van der Waals surface area contributed by atoms with Crippen LogP contribution >= 0.6 is 0 Å². The van der Waals surface area contributed by atoms with Gasteiger partial charge in [0, 0.05) is 17.3 Å². The summed E-state index contributed by atoms with van der Waals surface area (Å²) >= 11 is -1.49. The molecule has 1 unspecified atom stereocenters. The predicted octanol–water partition coefficient (Wildman–Crippen LogP) is 3.33. The Morgan fingerprint density at radius 2 is 2.12 bits per heavy atom. The van der Waals surface area contributed by atoms with Crippen LogP contribution in [-0.2, 0) is 15.9 Å². The largest absolute Gasteiger partial charge is 0.610 e. The summed E-state index contributed by atoms with van der Waals surface area (Å²) < 4.78 is 29.5. The van der Waals surface area contributed by atoms with Crippen LogP contribution < -0.4 is 0 Å². The molecule has 2 nitrogen and oxygen atoms in total. The molecular weight excluding hydrogens is 227 g/mol. The first-order chi connectivity index (χ1) is 7.72. The minimum absolute atomic E-state index is 0.151. The van der Waals surface area contributed by atoms with Crippen LogP contribution in [0.1, 0.15) is 32.6 Å². The Morgan fingerprint density at radius 1 is 1.38 bits per heavy atom. The van der Waals surface area contributed by atoms with Gasteiger partial charge in [-0.3, -0.25) is 0 Å². The van der Waals surface area contributed by atoms with E-state index in [-0.39, 0.29) is 6.61 Å². The Labute approximate surface area is 101 Å². The molecule has 0 fully saturated rings. The summed E-state index contributed by atoms with van der Waals surface area (Å²) in [6, 6.07) is 0. The normalized spacial score (nSPS) is 13.8. The second-order valence-corrected chi connectivity index (χ2v) is 4.93. The van der Waals surface area contributed by atoms with E-state index in [9.17, 15) is 8.94 Å². The average Bonchev–Trinajstić information content (AvgIpc) is 2.29. The van der Waals surface area contributed by atoms with Crippen molar-refractivity contribution in [1.82, 2.24) is 0 Å². The molecule has 0 radical (unpaired) electrons. The first kappa shape index (κ1) is 15.7. The average molecular weight is 248 g/mol. The van der Waals surface area contributed by atoms with E-state index in [1.807, 2.05) is 0 Å². The van der Waals surface area contributed by atoms with Crippen LogP contribution in [0.5, 0.6) is 0 Å². The zero-order valence-electron chi connectivity index (χ0n) is 9.91. The maximum Gasteiger partial charge on any atom is 0.298 e. The van der Waals surface area contributed by atoms with Crippen molar-refractivity contribution < 1.29 is 13.7 Å².